The number of nitro groups is 1. The molecule has 2 unspecified atom stereocenters. The van der Waals surface area contributed by atoms with E-state index in [9.17, 15) is 10.1 Å². The molecule has 1 saturated heterocycles. The fourth-order valence-electron chi connectivity index (χ4n) is 2.32. The van der Waals surface area contributed by atoms with Gasteiger partial charge in [-0.2, -0.15) is 0 Å². The zero-order valence-electron chi connectivity index (χ0n) is 11.0. The Hall–Kier alpha value is -1.50. The van der Waals surface area contributed by atoms with Crippen molar-refractivity contribution in [3.8, 4) is 0 Å². The zero-order valence-corrected chi connectivity index (χ0v) is 11.0. The van der Waals surface area contributed by atoms with Crippen LogP contribution in [-0.4, -0.2) is 42.2 Å². The van der Waals surface area contributed by atoms with E-state index in [1.807, 2.05) is 12.1 Å². The summed E-state index contributed by atoms with van der Waals surface area (Å²) in [5.41, 5.74) is 6.83. The van der Waals surface area contributed by atoms with Gasteiger partial charge >= 0.3 is 0 Å². The molecule has 0 radical (unpaired) electrons. The van der Waals surface area contributed by atoms with E-state index in [1.54, 1.807) is 12.1 Å². The second-order valence-corrected chi connectivity index (χ2v) is 4.75. The van der Waals surface area contributed by atoms with E-state index in [-0.39, 0.29) is 22.8 Å². The molecule has 2 rings (SSSR count). The Kier molecular flexibility index (Phi) is 4.47. The topological polar surface area (TPSA) is 81.6 Å². The number of non-ortho nitro benzene ring substituents is 1. The van der Waals surface area contributed by atoms with Crippen LogP contribution in [0, 0.1) is 10.1 Å². The van der Waals surface area contributed by atoms with Crippen molar-refractivity contribution < 1.29 is 9.66 Å². The minimum atomic E-state index is -0.381. The lowest BCUT2D eigenvalue weighted by Gasteiger charge is -2.36. The summed E-state index contributed by atoms with van der Waals surface area (Å²) >= 11 is 0. The van der Waals surface area contributed by atoms with E-state index in [1.165, 1.54) is 0 Å². The number of nitro benzene ring substituents is 1. The number of morpholine rings is 1. The molecule has 6 heteroatoms. The summed E-state index contributed by atoms with van der Waals surface area (Å²) in [5.74, 6) is 0. The summed E-state index contributed by atoms with van der Waals surface area (Å²) < 4.78 is 5.54. The van der Waals surface area contributed by atoms with Crippen LogP contribution < -0.4 is 5.73 Å². The number of nitrogens with two attached hydrogens (primary N) is 1. The third kappa shape index (κ3) is 3.28. The number of hydrogen-bond acceptors (Lipinski definition) is 5. The molecule has 0 saturated carbocycles. The highest BCUT2D eigenvalue weighted by molar-refractivity contribution is 5.34. The second-order valence-electron chi connectivity index (χ2n) is 4.75. The summed E-state index contributed by atoms with van der Waals surface area (Å²) in [4.78, 5) is 12.5. The largest absolute Gasteiger partial charge is 0.374 e. The Labute approximate surface area is 112 Å². The first-order chi connectivity index (χ1) is 9.11. The van der Waals surface area contributed by atoms with Crippen molar-refractivity contribution in [3.05, 3.63) is 39.9 Å². The van der Waals surface area contributed by atoms with Gasteiger partial charge < -0.3 is 10.5 Å². The zero-order chi connectivity index (χ0) is 13.8. The van der Waals surface area contributed by atoms with Gasteiger partial charge in [-0.05, 0) is 12.5 Å². The van der Waals surface area contributed by atoms with Crippen molar-refractivity contribution in [2.45, 2.75) is 19.1 Å². The van der Waals surface area contributed by atoms with Crippen LogP contribution in [0.2, 0.25) is 0 Å². The molecule has 0 amide bonds. The van der Waals surface area contributed by atoms with E-state index in [2.05, 4.69) is 11.8 Å². The Morgan fingerprint density at radius 2 is 2.21 bits per heavy atom. The Bertz CT molecular complexity index is 435. The van der Waals surface area contributed by atoms with Crippen molar-refractivity contribution >= 4 is 5.69 Å². The SMILES string of the molecule is CC(c1ccc([N+](=O)[O-])cc1)N1CCOC(CN)C1. The highest BCUT2D eigenvalue weighted by Gasteiger charge is 2.24. The van der Waals surface area contributed by atoms with Gasteiger partial charge in [-0.3, -0.25) is 15.0 Å². The van der Waals surface area contributed by atoms with E-state index in [4.69, 9.17) is 10.5 Å². The highest BCUT2D eigenvalue weighted by Crippen LogP contribution is 2.24. The van der Waals surface area contributed by atoms with Crippen LogP contribution in [0.3, 0.4) is 0 Å². The predicted molar refractivity (Wildman–Crippen MR) is 71.9 cm³/mol. The third-order valence-corrected chi connectivity index (χ3v) is 3.57. The highest BCUT2D eigenvalue weighted by atomic mass is 16.6. The molecule has 1 aliphatic heterocycles. The van der Waals surface area contributed by atoms with Crippen LogP contribution in [-0.2, 0) is 4.74 Å². The average molecular weight is 265 g/mol. The third-order valence-electron chi connectivity index (χ3n) is 3.57. The molecule has 0 aromatic heterocycles. The molecule has 1 aliphatic rings. The van der Waals surface area contributed by atoms with Gasteiger partial charge in [0.25, 0.3) is 5.69 Å². The number of benzene rings is 1. The van der Waals surface area contributed by atoms with Gasteiger partial charge in [-0.15, -0.1) is 0 Å². The van der Waals surface area contributed by atoms with Gasteiger partial charge in [-0.1, -0.05) is 12.1 Å². The van der Waals surface area contributed by atoms with Crippen LogP contribution in [0.4, 0.5) is 5.69 Å². The van der Waals surface area contributed by atoms with Crippen molar-refractivity contribution in [1.82, 2.24) is 4.90 Å². The van der Waals surface area contributed by atoms with Crippen LogP contribution in [0.5, 0.6) is 0 Å². The summed E-state index contributed by atoms with van der Waals surface area (Å²) in [6.45, 7) is 4.95. The standard InChI is InChI=1S/C13H19N3O3/c1-10(15-6-7-19-13(8-14)9-15)11-2-4-12(5-3-11)16(17)18/h2-5,10,13H,6-9,14H2,1H3. The van der Waals surface area contributed by atoms with E-state index < -0.39 is 0 Å². The van der Waals surface area contributed by atoms with Gasteiger partial charge in [0.2, 0.25) is 0 Å². The maximum absolute atomic E-state index is 10.6. The maximum atomic E-state index is 10.6. The molecule has 0 spiro atoms. The molecule has 6 nitrogen and oxygen atoms in total. The lowest BCUT2D eigenvalue weighted by molar-refractivity contribution is -0.384. The molecule has 1 heterocycles. The van der Waals surface area contributed by atoms with E-state index in [0.29, 0.717) is 13.2 Å². The molecule has 0 bridgehead atoms. The molecule has 1 fully saturated rings. The van der Waals surface area contributed by atoms with Gasteiger partial charge in [0.1, 0.15) is 0 Å². The van der Waals surface area contributed by atoms with Crippen molar-refractivity contribution in [3.63, 3.8) is 0 Å². The smallest absolute Gasteiger partial charge is 0.269 e. The van der Waals surface area contributed by atoms with Gasteiger partial charge in [0.05, 0.1) is 17.6 Å². The predicted octanol–water partition coefficient (Wildman–Crippen LogP) is 1.32. The summed E-state index contributed by atoms with van der Waals surface area (Å²) in [6.07, 6.45) is 0.0780. The van der Waals surface area contributed by atoms with Crippen molar-refractivity contribution in [2.75, 3.05) is 26.2 Å². The number of hydrogen-bond donors (Lipinski definition) is 1. The molecule has 104 valence electrons. The Balaban J connectivity index is 2.06. The summed E-state index contributed by atoms with van der Waals surface area (Å²) in [5, 5.41) is 10.6. The normalized spacial score (nSPS) is 22.1. The molecule has 2 atom stereocenters. The van der Waals surface area contributed by atoms with Crippen molar-refractivity contribution in [1.29, 1.82) is 0 Å². The van der Waals surface area contributed by atoms with Crippen LogP contribution in [0.15, 0.2) is 24.3 Å². The first-order valence-electron chi connectivity index (χ1n) is 6.42. The number of nitrogens with zero attached hydrogens (tertiary/aromatic N) is 2. The molecule has 1 aromatic rings. The van der Waals surface area contributed by atoms with E-state index in [0.717, 1.165) is 18.7 Å². The fraction of sp³-hybridized carbons (Fsp3) is 0.538. The average Bonchev–Trinajstić information content (AvgIpc) is 2.46. The van der Waals surface area contributed by atoms with Gasteiger partial charge in [0.15, 0.2) is 0 Å². The summed E-state index contributed by atoms with van der Waals surface area (Å²) in [6, 6.07) is 6.93. The molecule has 1 aromatic carbocycles. The lowest BCUT2D eigenvalue weighted by atomic mass is 10.1. The lowest BCUT2D eigenvalue weighted by Crippen LogP contribution is -2.46. The fourth-order valence-corrected chi connectivity index (χ4v) is 2.32. The van der Waals surface area contributed by atoms with Crippen LogP contribution in [0.1, 0.15) is 18.5 Å². The van der Waals surface area contributed by atoms with Crippen LogP contribution in [0.25, 0.3) is 0 Å². The summed E-state index contributed by atoms with van der Waals surface area (Å²) in [7, 11) is 0. The molecule has 2 N–H and O–H groups in total. The number of ether oxygens (including phenoxy) is 1. The molecule has 0 aliphatic carbocycles. The van der Waals surface area contributed by atoms with Crippen molar-refractivity contribution in [2.24, 2.45) is 5.73 Å². The Morgan fingerprint density at radius 3 is 2.79 bits per heavy atom. The van der Waals surface area contributed by atoms with Crippen LogP contribution >= 0.6 is 0 Å². The minimum absolute atomic E-state index is 0.0780. The molecular formula is C13H19N3O3. The Morgan fingerprint density at radius 1 is 1.53 bits per heavy atom. The first kappa shape index (κ1) is 13.9. The first-order valence-corrected chi connectivity index (χ1v) is 6.42. The maximum Gasteiger partial charge on any atom is 0.269 e. The molecular weight excluding hydrogens is 246 g/mol. The minimum Gasteiger partial charge on any atom is -0.374 e. The van der Waals surface area contributed by atoms with Gasteiger partial charge in [-0.25, -0.2) is 0 Å². The van der Waals surface area contributed by atoms with E-state index >= 15 is 0 Å². The molecule has 19 heavy (non-hydrogen) atoms. The van der Waals surface area contributed by atoms with Gasteiger partial charge in [0, 0.05) is 37.8 Å². The quantitative estimate of drug-likeness (QED) is 0.655. The second kappa shape index (κ2) is 6.10. The monoisotopic (exact) mass is 265 g/mol. The number of rotatable bonds is 4.